The number of ether oxygens (including phenoxy) is 1. The topological polar surface area (TPSA) is 36.3 Å². The maximum atomic E-state index is 10.2. The average Bonchev–Trinajstić information content (AvgIpc) is 2.91. The van der Waals surface area contributed by atoms with Crippen molar-refractivity contribution in [2.75, 3.05) is 13.7 Å². The maximum absolute atomic E-state index is 10.2. The fourth-order valence-electron chi connectivity index (χ4n) is 6.56. The quantitative estimate of drug-likeness (QED) is 0.797. The summed E-state index contributed by atoms with van der Waals surface area (Å²) >= 11 is 0. The van der Waals surface area contributed by atoms with Crippen LogP contribution in [0.3, 0.4) is 0 Å². The Balaban J connectivity index is 1.74. The Morgan fingerprint density at radius 1 is 1.36 bits per heavy atom. The van der Waals surface area contributed by atoms with E-state index in [0.717, 1.165) is 18.6 Å². The zero-order chi connectivity index (χ0) is 15.1. The lowest BCUT2D eigenvalue weighted by Gasteiger charge is -2.52. The summed E-state index contributed by atoms with van der Waals surface area (Å²) in [6.07, 6.45) is 4.68. The van der Waals surface area contributed by atoms with Crippen LogP contribution in [-0.2, 0) is 6.42 Å². The molecule has 0 aromatic heterocycles. The SMILES string of the molecule is COc1ccc2c(c1)[C@H]1N3C[C@]4(C)CCC[C@]1(C#N)[C@H]4[C@@H]3C2. The van der Waals surface area contributed by atoms with Crippen molar-refractivity contribution in [2.45, 2.75) is 44.7 Å². The summed E-state index contributed by atoms with van der Waals surface area (Å²) in [5, 5.41) is 10.2. The van der Waals surface area contributed by atoms with E-state index >= 15 is 0 Å². The highest BCUT2D eigenvalue weighted by Crippen LogP contribution is 2.72. The van der Waals surface area contributed by atoms with Gasteiger partial charge in [0.25, 0.3) is 0 Å². The van der Waals surface area contributed by atoms with Gasteiger partial charge in [-0.15, -0.1) is 0 Å². The van der Waals surface area contributed by atoms with Gasteiger partial charge in [0.15, 0.2) is 0 Å². The number of nitrogens with zero attached hydrogens (tertiary/aromatic N) is 2. The average molecular weight is 294 g/mol. The van der Waals surface area contributed by atoms with E-state index in [-0.39, 0.29) is 5.41 Å². The molecule has 22 heavy (non-hydrogen) atoms. The molecule has 1 unspecified atom stereocenters. The number of rotatable bonds is 1. The van der Waals surface area contributed by atoms with Gasteiger partial charge in [-0.25, -0.2) is 0 Å². The second-order valence-electron chi connectivity index (χ2n) is 8.05. The van der Waals surface area contributed by atoms with Gasteiger partial charge >= 0.3 is 0 Å². The van der Waals surface area contributed by atoms with Crippen LogP contribution in [0, 0.1) is 28.1 Å². The predicted octanol–water partition coefficient (Wildman–Crippen LogP) is 3.31. The van der Waals surface area contributed by atoms with Gasteiger partial charge in [-0.1, -0.05) is 19.4 Å². The molecule has 3 fully saturated rings. The molecule has 3 aliphatic heterocycles. The van der Waals surface area contributed by atoms with E-state index < -0.39 is 0 Å². The molecule has 0 N–H and O–H groups in total. The minimum atomic E-state index is -0.173. The molecular formula is C19H22N2O. The number of nitriles is 1. The van der Waals surface area contributed by atoms with E-state index in [0.29, 0.717) is 23.4 Å². The summed E-state index contributed by atoms with van der Waals surface area (Å²) in [7, 11) is 1.73. The molecule has 5 rings (SSSR count). The van der Waals surface area contributed by atoms with Gasteiger partial charge in [0.2, 0.25) is 0 Å². The number of piperidine rings is 1. The van der Waals surface area contributed by atoms with Crippen LogP contribution in [0.5, 0.6) is 5.75 Å². The molecule has 2 saturated heterocycles. The van der Waals surface area contributed by atoms with Crippen molar-refractivity contribution in [2.24, 2.45) is 16.7 Å². The summed E-state index contributed by atoms with van der Waals surface area (Å²) in [5.41, 5.74) is 2.98. The van der Waals surface area contributed by atoms with Crippen LogP contribution in [-0.4, -0.2) is 24.6 Å². The molecule has 1 aromatic rings. The first-order valence-corrected chi connectivity index (χ1v) is 8.47. The molecule has 1 aromatic carbocycles. The fraction of sp³-hybridized carbons (Fsp3) is 0.632. The second kappa shape index (κ2) is 3.86. The Morgan fingerprint density at radius 3 is 3.00 bits per heavy atom. The van der Waals surface area contributed by atoms with Crippen LogP contribution in [0.1, 0.15) is 43.4 Å². The van der Waals surface area contributed by atoms with Gasteiger partial charge in [0.1, 0.15) is 5.75 Å². The molecule has 0 radical (unpaired) electrons. The lowest BCUT2D eigenvalue weighted by atomic mass is 9.53. The Morgan fingerprint density at radius 2 is 2.23 bits per heavy atom. The molecule has 1 saturated carbocycles. The molecule has 114 valence electrons. The lowest BCUT2D eigenvalue weighted by Crippen LogP contribution is -2.50. The fourth-order valence-corrected chi connectivity index (χ4v) is 6.56. The van der Waals surface area contributed by atoms with Crippen molar-refractivity contribution in [3.63, 3.8) is 0 Å². The Labute approximate surface area is 131 Å². The zero-order valence-corrected chi connectivity index (χ0v) is 13.3. The van der Waals surface area contributed by atoms with Crippen molar-refractivity contribution < 1.29 is 4.74 Å². The third-order valence-electron chi connectivity index (χ3n) is 7.10. The van der Waals surface area contributed by atoms with Gasteiger partial charge in [0, 0.05) is 18.5 Å². The molecule has 1 aliphatic carbocycles. The summed E-state index contributed by atoms with van der Waals surface area (Å²) in [5.74, 6) is 1.47. The Bertz CT molecular complexity index is 708. The first-order chi connectivity index (χ1) is 10.6. The predicted molar refractivity (Wildman–Crippen MR) is 83.4 cm³/mol. The molecule has 3 heteroatoms. The number of hydrogen-bond donors (Lipinski definition) is 0. The second-order valence-corrected chi connectivity index (χ2v) is 8.05. The molecule has 3 heterocycles. The van der Waals surface area contributed by atoms with E-state index in [9.17, 15) is 5.26 Å². The highest BCUT2D eigenvalue weighted by molar-refractivity contribution is 5.47. The van der Waals surface area contributed by atoms with Gasteiger partial charge in [-0.05, 0) is 47.9 Å². The maximum Gasteiger partial charge on any atom is 0.119 e. The number of methoxy groups -OCH3 is 1. The van der Waals surface area contributed by atoms with Crippen LogP contribution in [0.2, 0.25) is 0 Å². The summed E-state index contributed by atoms with van der Waals surface area (Å²) in [6, 6.07) is 10.2. The van der Waals surface area contributed by atoms with Crippen LogP contribution >= 0.6 is 0 Å². The van der Waals surface area contributed by atoms with Crippen molar-refractivity contribution >= 4 is 0 Å². The standard InChI is InChI=1S/C19H22N2O/c1-18-6-3-7-19(10-20)16(18)15-8-12-4-5-13(22-2)9-14(12)17(19)21(15)11-18/h4-5,9,15-17H,3,6-8,11H2,1-2H3/t15-,16-,17+,18-,19-/m0/s1. The minimum Gasteiger partial charge on any atom is -0.497 e. The van der Waals surface area contributed by atoms with Gasteiger partial charge in [0.05, 0.1) is 24.6 Å². The Hall–Kier alpha value is -1.53. The molecule has 4 bridgehead atoms. The minimum absolute atomic E-state index is 0.173. The molecular weight excluding hydrogens is 272 g/mol. The molecule has 6 atom stereocenters. The number of fused-ring (bicyclic) bond motifs is 3. The summed E-state index contributed by atoms with van der Waals surface area (Å²) in [4.78, 5) is 2.68. The summed E-state index contributed by atoms with van der Waals surface area (Å²) in [6.45, 7) is 3.61. The highest BCUT2D eigenvalue weighted by atomic mass is 16.5. The van der Waals surface area contributed by atoms with Crippen LogP contribution in [0.4, 0.5) is 0 Å². The number of hydrogen-bond acceptors (Lipinski definition) is 3. The zero-order valence-electron chi connectivity index (χ0n) is 13.3. The molecule has 0 amide bonds. The number of benzene rings is 1. The van der Waals surface area contributed by atoms with Gasteiger partial charge in [-0.2, -0.15) is 5.26 Å². The largest absolute Gasteiger partial charge is 0.497 e. The highest BCUT2D eigenvalue weighted by Gasteiger charge is 2.72. The van der Waals surface area contributed by atoms with Crippen molar-refractivity contribution in [1.82, 2.24) is 4.90 Å². The normalized spacial score (nSPS) is 47.0. The van der Waals surface area contributed by atoms with E-state index in [1.54, 1.807) is 7.11 Å². The van der Waals surface area contributed by atoms with Crippen LogP contribution < -0.4 is 4.74 Å². The molecule has 3 nitrogen and oxygen atoms in total. The summed E-state index contributed by atoms with van der Waals surface area (Å²) < 4.78 is 5.46. The van der Waals surface area contributed by atoms with E-state index in [1.165, 1.54) is 30.5 Å². The van der Waals surface area contributed by atoms with Crippen molar-refractivity contribution in [1.29, 1.82) is 5.26 Å². The Kier molecular flexibility index (Phi) is 2.28. The first kappa shape index (κ1) is 13.0. The third kappa shape index (κ3) is 1.24. The molecule has 4 aliphatic rings. The van der Waals surface area contributed by atoms with Crippen LogP contribution in [0.15, 0.2) is 18.2 Å². The van der Waals surface area contributed by atoms with E-state index in [4.69, 9.17) is 4.74 Å². The van der Waals surface area contributed by atoms with Crippen LogP contribution in [0.25, 0.3) is 0 Å². The van der Waals surface area contributed by atoms with E-state index in [2.05, 4.69) is 36.1 Å². The lowest BCUT2D eigenvalue weighted by molar-refractivity contribution is -0.00926. The van der Waals surface area contributed by atoms with Gasteiger partial charge in [-0.3, -0.25) is 4.90 Å². The smallest absolute Gasteiger partial charge is 0.119 e. The van der Waals surface area contributed by atoms with Crippen molar-refractivity contribution in [3.05, 3.63) is 29.3 Å². The van der Waals surface area contributed by atoms with Gasteiger partial charge < -0.3 is 4.74 Å². The monoisotopic (exact) mass is 294 g/mol. The molecule has 0 spiro atoms. The van der Waals surface area contributed by atoms with Crippen molar-refractivity contribution in [3.8, 4) is 11.8 Å². The van der Waals surface area contributed by atoms with E-state index in [1.807, 2.05) is 0 Å². The third-order valence-corrected chi connectivity index (χ3v) is 7.10. The first-order valence-electron chi connectivity index (χ1n) is 8.47.